The number of nitrogens with two attached hydrogens (primary N) is 1. The fourth-order valence-electron chi connectivity index (χ4n) is 2.03. The number of carbonyl (C=O) groups excluding carboxylic acids is 1. The molecule has 2 N–H and O–H groups in total. The third kappa shape index (κ3) is 3.46. The first-order valence-electron chi connectivity index (χ1n) is 6.11. The summed E-state index contributed by atoms with van der Waals surface area (Å²) in [5.41, 5.74) is 5.10. The minimum absolute atomic E-state index is 0.159. The lowest BCUT2D eigenvalue weighted by Gasteiger charge is -2.31. The Hall–Kier alpha value is -0.610. The highest BCUT2D eigenvalue weighted by molar-refractivity contribution is 5.76. The Morgan fingerprint density at radius 2 is 2.31 bits per heavy atom. The highest BCUT2D eigenvalue weighted by Gasteiger charge is 2.36. The van der Waals surface area contributed by atoms with Gasteiger partial charge >= 0.3 is 5.97 Å². The highest BCUT2D eigenvalue weighted by atomic mass is 16.5. The highest BCUT2D eigenvalue weighted by Crippen LogP contribution is 2.29. The maximum Gasteiger partial charge on any atom is 0.313 e. The topological polar surface area (TPSA) is 61.5 Å². The molecule has 1 aliphatic heterocycles. The van der Waals surface area contributed by atoms with Crippen molar-refractivity contribution in [2.45, 2.75) is 45.6 Å². The molecule has 4 heteroatoms. The van der Waals surface area contributed by atoms with Crippen molar-refractivity contribution in [2.75, 3.05) is 19.8 Å². The van der Waals surface area contributed by atoms with Crippen LogP contribution in [0.1, 0.15) is 39.5 Å². The molecule has 1 heterocycles. The van der Waals surface area contributed by atoms with Crippen LogP contribution in [0.15, 0.2) is 0 Å². The largest absolute Gasteiger partial charge is 0.466 e. The molecule has 2 unspecified atom stereocenters. The standard InChI is InChI=1S/C12H23NO3/c1-3-15-11(14)12(2,9-13)8-10-6-4-5-7-16-10/h10H,3-9,13H2,1-2H3. The quantitative estimate of drug-likeness (QED) is 0.725. The molecule has 94 valence electrons. The van der Waals surface area contributed by atoms with Crippen molar-refractivity contribution in [1.29, 1.82) is 0 Å². The normalized spacial score (nSPS) is 24.8. The van der Waals surface area contributed by atoms with Crippen LogP contribution in [0.3, 0.4) is 0 Å². The molecular weight excluding hydrogens is 206 g/mol. The molecule has 0 radical (unpaired) electrons. The van der Waals surface area contributed by atoms with Crippen molar-refractivity contribution in [3.63, 3.8) is 0 Å². The summed E-state index contributed by atoms with van der Waals surface area (Å²) in [6.07, 6.45) is 4.15. The van der Waals surface area contributed by atoms with E-state index < -0.39 is 5.41 Å². The SMILES string of the molecule is CCOC(=O)C(C)(CN)CC1CCCCO1. The molecule has 1 fully saturated rings. The van der Waals surface area contributed by atoms with E-state index in [1.54, 1.807) is 0 Å². The van der Waals surface area contributed by atoms with E-state index in [0.29, 0.717) is 19.6 Å². The second-order valence-corrected chi connectivity index (χ2v) is 4.68. The van der Waals surface area contributed by atoms with E-state index in [2.05, 4.69) is 0 Å². The molecule has 1 saturated heterocycles. The molecule has 16 heavy (non-hydrogen) atoms. The minimum atomic E-state index is -0.599. The summed E-state index contributed by atoms with van der Waals surface area (Å²) in [4.78, 5) is 11.8. The molecule has 4 nitrogen and oxygen atoms in total. The molecule has 0 aliphatic carbocycles. The van der Waals surface area contributed by atoms with Crippen LogP contribution >= 0.6 is 0 Å². The van der Waals surface area contributed by atoms with Crippen LogP contribution in [0.5, 0.6) is 0 Å². The Labute approximate surface area is 97.5 Å². The lowest BCUT2D eigenvalue weighted by Crippen LogP contribution is -2.41. The van der Waals surface area contributed by atoms with Crippen molar-refractivity contribution >= 4 is 5.97 Å². The van der Waals surface area contributed by atoms with Crippen LogP contribution in [0, 0.1) is 5.41 Å². The summed E-state index contributed by atoms with van der Waals surface area (Å²) in [6.45, 7) is 5.19. The van der Waals surface area contributed by atoms with Gasteiger partial charge < -0.3 is 15.2 Å². The molecule has 0 spiro atoms. The minimum Gasteiger partial charge on any atom is -0.466 e. The van der Waals surface area contributed by atoms with Gasteiger partial charge in [-0.15, -0.1) is 0 Å². The van der Waals surface area contributed by atoms with Gasteiger partial charge in [0.15, 0.2) is 0 Å². The third-order valence-corrected chi connectivity index (χ3v) is 3.17. The average Bonchev–Trinajstić information content (AvgIpc) is 2.30. The summed E-state index contributed by atoms with van der Waals surface area (Å²) < 4.78 is 10.7. The van der Waals surface area contributed by atoms with Crippen molar-refractivity contribution in [1.82, 2.24) is 0 Å². The van der Waals surface area contributed by atoms with E-state index in [-0.39, 0.29) is 12.1 Å². The molecule has 0 aromatic rings. The Morgan fingerprint density at radius 3 is 2.81 bits per heavy atom. The van der Waals surface area contributed by atoms with Crippen molar-refractivity contribution < 1.29 is 14.3 Å². The predicted octanol–water partition coefficient (Wildman–Crippen LogP) is 1.47. The number of carbonyl (C=O) groups is 1. The number of hydrogen-bond donors (Lipinski definition) is 1. The first-order chi connectivity index (χ1) is 7.62. The van der Waals surface area contributed by atoms with Crippen LogP contribution in [0.2, 0.25) is 0 Å². The van der Waals surface area contributed by atoms with Crippen LogP contribution in [-0.4, -0.2) is 31.8 Å². The molecule has 1 rings (SSSR count). The molecule has 2 atom stereocenters. The van der Waals surface area contributed by atoms with Gasteiger partial charge in [-0.25, -0.2) is 0 Å². The number of esters is 1. The molecular formula is C12H23NO3. The van der Waals surface area contributed by atoms with Gasteiger partial charge in [0.05, 0.1) is 18.1 Å². The Kier molecular flexibility index (Phi) is 5.22. The lowest BCUT2D eigenvalue weighted by atomic mass is 9.83. The summed E-state index contributed by atoms with van der Waals surface area (Å²) >= 11 is 0. The van der Waals surface area contributed by atoms with E-state index in [4.69, 9.17) is 15.2 Å². The second kappa shape index (κ2) is 6.21. The lowest BCUT2D eigenvalue weighted by molar-refractivity contribution is -0.156. The van der Waals surface area contributed by atoms with E-state index in [1.807, 2.05) is 13.8 Å². The summed E-state index contributed by atoms with van der Waals surface area (Å²) in [5.74, 6) is -0.202. The zero-order chi connectivity index (χ0) is 12.0. The third-order valence-electron chi connectivity index (χ3n) is 3.17. The van der Waals surface area contributed by atoms with Crippen molar-refractivity contribution in [2.24, 2.45) is 11.1 Å². The number of rotatable bonds is 5. The molecule has 0 aromatic carbocycles. The maximum absolute atomic E-state index is 11.8. The summed E-state index contributed by atoms with van der Waals surface area (Å²) in [6, 6.07) is 0. The summed E-state index contributed by atoms with van der Waals surface area (Å²) in [5, 5.41) is 0. The van der Waals surface area contributed by atoms with E-state index >= 15 is 0 Å². The van der Waals surface area contributed by atoms with Gasteiger partial charge in [0.1, 0.15) is 0 Å². The van der Waals surface area contributed by atoms with Crippen LogP contribution in [0.4, 0.5) is 0 Å². The van der Waals surface area contributed by atoms with Crippen LogP contribution < -0.4 is 5.73 Å². The Morgan fingerprint density at radius 1 is 1.56 bits per heavy atom. The first kappa shape index (κ1) is 13.5. The second-order valence-electron chi connectivity index (χ2n) is 4.68. The van der Waals surface area contributed by atoms with Crippen LogP contribution in [-0.2, 0) is 14.3 Å². The number of hydrogen-bond acceptors (Lipinski definition) is 4. The fraction of sp³-hybridized carbons (Fsp3) is 0.917. The molecule has 0 amide bonds. The zero-order valence-electron chi connectivity index (χ0n) is 10.3. The Bertz CT molecular complexity index is 226. The fourth-order valence-corrected chi connectivity index (χ4v) is 2.03. The van der Waals surface area contributed by atoms with Gasteiger partial charge in [0, 0.05) is 13.2 Å². The smallest absolute Gasteiger partial charge is 0.313 e. The monoisotopic (exact) mass is 229 g/mol. The van der Waals surface area contributed by atoms with Crippen molar-refractivity contribution in [3.8, 4) is 0 Å². The van der Waals surface area contributed by atoms with Gasteiger partial charge in [0.2, 0.25) is 0 Å². The van der Waals surface area contributed by atoms with Gasteiger partial charge in [-0.2, -0.15) is 0 Å². The van der Waals surface area contributed by atoms with Gasteiger partial charge in [-0.1, -0.05) is 0 Å². The zero-order valence-corrected chi connectivity index (χ0v) is 10.3. The maximum atomic E-state index is 11.8. The summed E-state index contributed by atoms with van der Waals surface area (Å²) in [7, 11) is 0. The van der Waals surface area contributed by atoms with Gasteiger partial charge in [0.25, 0.3) is 0 Å². The molecule has 0 bridgehead atoms. The average molecular weight is 229 g/mol. The Balaban J connectivity index is 2.53. The molecule has 1 aliphatic rings. The predicted molar refractivity (Wildman–Crippen MR) is 62.0 cm³/mol. The molecule has 0 saturated carbocycles. The van der Waals surface area contributed by atoms with Crippen molar-refractivity contribution in [3.05, 3.63) is 0 Å². The van der Waals surface area contributed by atoms with Gasteiger partial charge in [-0.3, -0.25) is 4.79 Å². The molecule has 0 aromatic heterocycles. The van der Waals surface area contributed by atoms with E-state index in [0.717, 1.165) is 19.4 Å². The number of ether oxygens (including phenoxy) is 2. The van der Waals surface area contributed by atoms with E-state index in [1.165, 1.54) is 6.42 Å². The van der Waals surface area contributed by atoms with E-state index in [9.17, 15) is 4.79 Å². The van der Waals surface area contributed by atoms with Gasteiger partial charge in [-0.05, 0) is 39.5 Å². The first-order valence-corrected chi connectivity index (χ1v) is 6.11. The van der Waals surface area contributed by atoms with Crippen LogP contribution in [0.25, 0.3) is 0 Å².